The molecular weight excluding hydrogens is 381 g/mol. The second kappa shape index (κ2) is 8.37. The molecule has 1 N–H and O–H groups in total. The Kier molecular flexibility index (Phi) is 5.48. The van der Waals surface area contributed by atoms with Crippen LogP contribution in [0.15, 0.2) is 73.2 Å². The third-order valence-electron chi connectivity index (χ3n) is 5.20. The number of ether oxygens (including phenoxy) is 1. The molecule has 0 spiro atoms. The van der Waals surface area contributed by atoms with E-state index in [9.17, 15) is 9.18 Å². The summed E-state index contributed by atoms with van der Waals surface area (Å²) in [6, 6.07) is 14.7. The van der Waals surface area contributed by atoms with Gasteiger partial charge in [-0.25, -0.2) is 4.39 Å². The first-order valence-electron chi connectivity index (χ1n) is 9.74. The number of aromatic nitrogens is 2. The number of carbonyl (C=O) groups is 1. The van der Waals surface area contributed by atoms with Crippen LogP contribution < -0.4 is 10.1 Å². The minimum Gasteiger partial charge on any atom is -0.496 e. The molecule has 0 aliphatic carbocycles. The van der Waals surface area contributed by atoms with Crippen LogP contribution in [0.1, 0.15) is 34.5 Å². The maximum Gasteiger partial charge on any atom is 0.255 e. The number of hydrogen-bond donors (Lipinski definition) is 1. The Labute approximate surface area is 174 Å². The number of para-hydroxylation sites is 1. The van der Waals surface area contributed by atoms with Crippen LogP contribution in [0.2, 0.25) is 0 Å². The molecule has 1 amide bonds. The Hall–Kier alpha value is -3.67. The summed E-state index contributed by atoms with van der Waals surface area (Å²) < 4.78 is 21.0. The van der Waals surface area contributed by atoms with Gasteiger partial charge in [0.15, 0.2) is 0 Å². The Morgan fingerprint density at radius 3 is 2.67 bits per heavy atom. The molecule has 0 saturated carbocycles. The molecular formula is C24H22FN3O2. The minimum atomic E-state index is -0.472. The molecule has 0 saturated heterocycles. The van der Waals surface area contributed by atoms with E-state index in [0.29, 0.717) is 11.3 Å². The van der Waals surface area contributed by atoms with Crippen molar-refractivity contribution in [3.8, 4) is 5.75 Å². The highest BCUT2D eigenvalue weighted by Crippen LogP contribution is 2.31. The molecule has 2 heterocycles. The van der Waals surface area contributed by atoms with E-state index < -0.39 is 6.04 Å². The van der Waals surface area contributed by atoms with Gasteiger partial charge in [0, 0.05) is 29.9 Å². The molecule has 1 atom stereocenters. The Bertz CT molecular complexity index is 1180. The standard InChI is InChI=1S/C24H22FN3O2/c1-3-28-15-20(18-12-13-26-14-21(18)28)23(16-8-10-17(25)11-9-16)27-24(29)19-6-4-5-7-22(19)30-2/h4-15,23H,3H2,1-2H3,(H,27,29)/t23-/m1/s1. The molecule has 0 radical (unpaired) electrons. The van der Waals surface area contributed by atoms with Gasteiger partial charge in [-0.1, -0.05) is 24.3 Å². The monoisotopic (exact) mass is 403 g/mol. The Morgan fingerprint density at radius 2 is 1.93 bits per heavy atom. The average Bonchev–Trinajstić information content (AvgIpc) is 3.16. The van der Waals surface area contributed by atoms with Gasteiger partial charge in [-0.3, -0.25) is 9.78 Å². The molecule has 4 aromatic rings. The number of methoxy groups -OCH3 is 1. The molecule has 0 bridgehead atoms. The zero-order valence-corrected chi connectivity index (χ0v) is 16.8. The average molecular weight is 403 g/mol. The first-order valence-corrected chi connectivity index (χ1v) is 9.74. The van der Waals surface area contributed by atoms with Crippen molar-refractivity contribution in [2.75, 3.05) is 7.11 Å². The van der Waals surface area contributed by atoms with E-state index in [2.05, 4.69) is 21.8 Å². The van der Waals surface area contributed by atoms with Crippen molar-refractivity contribution >= 4 is 16.8 Å². The van der Waals surface area contributed by atoms with Crippen LogP contribution in [-0.4, -0.2) is 22.6 Å². The summed E-state index contributed by atoms with van der Waals surface area (Å²) >= 11 is 0. The highest BCUT2D eigenvalue weighted by molar-refractivity contribution is 5.98. The van der Waals surface area contributed by atoms with Crippen LogP contribution in [0.4, 0.5) is 4.39 Å². The summed E-state index contributed by atoms with van der Waals surface area (Å²) in [6.07, 6.45) is 5.56. The second-order valence-corrected chi connectivity index (χ2v) is 6.92. The lowest BCUT2D eigenvalue weighted by Gasteiger charge is -2.20. The Morgan fingerprint density at radius 1 is 1.17 bits per heavy atom. The van der Waals surface area contributed by atoms with Crippen LogP contribution in [0.25, 0.3) is 10.9 Å². The maximum atomic E-state index is 13.6. The largest absolute Gasteiger partial charge is 0.496 e. The first kappa shape index (κ1) is 19.6. The lowest BCUT2D eigenvalue weighted by molar-refractivity contribution is 0.0940. The third kappa shape index (κ3) is 3.64. The molecule has 4 rings (SSSR count). The van der Waals surface area contributed by atoms with Gasteiger partial charge in [-0.2, -0.15) is 0 Å². The van der Waals surface area contributed by atoms with Crippen molar-refractivity contribution < 1.29 is 13.9 Å². The zero-order valence-electron chi connectivity index (χ0n) is 16.8. The first-order chi connectivity index (χ1) is 14.6. The van der Waals surface area contributed by atoms with Crippen LogP contribution in [0.3, 0.4) is 0 Å². The predicted octanol–water partition coefficient (Wildman–Crippen LogP) is 4.72. The van der Waals surface area contributed by atoms with Gasteiger partial charge in [0.2, 0.25) is 0 Å². The number of fused-ring (bicyclic) bond motifs is 1. The van der Waals surface area contributed by atoms with Gasteiger partial charge in [-0.05, 0) is 42.8 Å². The van der Waals surface area contributed by atoms with Gasteiger partial charge >= 0.3 is 0 Å². The molecule has 152 valence electrons. The SMILES string of the molecule is CCn1cc([C@H](NC(=O)c2ccccc2OC)c2ccc(F)cc2)c2ccncc21. The van der Waals surface area contributed by atoms with Crippen molar-refractivity contribution in [2.45, 2.75) is 19.5 Å². The van der Waals surface area contributed by atoms with Crippen molar-refractivity contribution in [1.29, 1.82) is 0 Å². The molecule has 2 aromatic heterocycles. The number of halogens is 1. The van der Waals surface area contributed by atoms with Gasteiger partial charge in [-0.15, -0.1) is 0 Å². The fourth-order valence-corrected chi connectivity index (χ4v) is 3.69. The van der Waals surface area contributed by atoms with Crippen molar-refractivity contribution in [1.82, 2.24) is 14.9 Å². The van der Waals surface area contributed by atoms with Crippen LogP contribution in [0.5, 0.6) is 5.75 Å². The summed E-state index contributed by atoms with van der Waals surface area (Å²) in [6.45, 7) is 2.81. The molecule has 0 unspecified atom stereocenters. The van der Waals surface area contributed by atoms with Gasteiger partial charge in [0.05, 0.1) is 30.4 Å². The van der Waals surface area contributed by atoms with E-state index in [0.717, 1.165) is 28.6 Å². The van der Waals surface area contributed by atoms with E-state index in [1.165, 1.54) is 19.2 Å². The highest BCUT2D eigenvalue weighted by atomic mass is 19.1. The number of nitrogens with zero attached hydrogens (tertiary/aromatic N) is 2. The molecule has 0 aliphatic heterocycles. The van der Waals surface area contributed by atoms with Gasteiger partial charge in [0.25, 0.3) is 5.91 Å². The molecule has 30 heavy (non-hydrogen) atoms. The lowest BCUT2D eigenvalue weighted by Crippen LogP contribution is -2.29. The van der Waals surface area contributed by atoms with Crippen molar-refractivity contribution in [3.63, 3.8) is 0 Å². The highest BCUT2D eigenvalue weighted by Gasteiger charge is 2.23. The van der Waals surface area contributed by atoms with E-state index >= 15 is 0 Å². The van der Waals surface area contributed by atoms with E-state index in [-0.39, 0.29) is 11.7 Å². The third-order valence-corrected chi connectivity index (χ3v) is 5.20. The zero-order chi connectivity index (χ0) is 21.1. The quantitative estimate of drug-likeness (QED) is 0.507. The van der Waals surface area contributed by atoms with Crippen LogP contribution in [0, 0.1) is 5.82 Å². The summed E-state index contributed by atoms with van der Waals surface area (Å²) in [7, 11) is 1.53. The van der Waals surface area contributed by atoms with E-state index in [1.54, 1.807) is 36.5 Å². The fourth-order valence-electron chi connectivity index (χ4n) is 3.69. The number of nitrogens with one attached hydrogen (secondary N) is 1. The molecule has 0 aliphatic rings. The number of amides is 1. The van der Waals surface area contributed by atoms with Gasteiger partial charge in [0.1, 0.15) is 11.6 Å². The number of pyridine rings is 1. The van der Waals surface area contributed by atoms with Crippen molar-refractivity contribution in [2.24, 2.45) is 0 Å². The molecule has 5 nitrogen and oxygen atoms in total. The topological polar surface area (TPSA) is 56.2 Å². The summed E-state index contributed by atoms with van der Waals surface area (Å²) in [5, 5.41) is 4.10. The number of benzene rings is 2. The smallest absolute Gasteiger partial charge is 0.255 e. The number of carbonyl (C=O) groups excluding carboxylic acids is 1. The van der Waals surface area contributed by atoms with E-state index in [1.807, 2.05) is 24.5 Å². The lowest BCUT2D eigenvalue weighted by atomic mass is 9.98. The summed E-state index contributed by atoms with van der Waals surface area (Å²) in [4.78, 5) is 17.4. The van der Waals surface area contributed by atoms with Crippen molar-refractivity contribution in [3.05, 3.63) is 95.7 Å². The van der Waals surface area contributed by atoms with Gasteiger partial charge < -0.3 is 14.6 Å². The molecule has 2 aromatic carbocycles. The second-order valence-electron chi connectivity index (χ2n) is 6.92. The number of hydrogen-bond acceptors (Lipinski definition) is 3. The number of aryl methyl sites for hydroxylation is 1. The minimum absolute atomic E-state index is 0.270. The fraction of sp³-hybridized carbons (Fsp3) is 0.167. The normalized spacial score (nSPS) is 12.0. The predicted molar refractivity (Wildman–Crippen MR) is 114 cm³/mol. The molecule has 6 heteroatoms. The van der Waals surface area contributed by atoms with Crippen LogP contribution in [-0.2, 0) is 6.54 Å². The Balaban J connectivity index is 1.82. The summed E-state index contributed by atoms with van der Waals surface area (Å²) in [5.74, 6) is -0.102. The van der Waals surface area contributed by atoms with Crippen LogP contribution >= 0.6 is 0 Å². The summed E-state index contributed by atoms with van der Waals surface area (Å²) in [5.41, 5.74) is 3.12. The number of rotatable bonds is 6. The maximum absolute atomic E-state index is 13.6. The van der Waals surface area contributed by atoms with E-state index in [4.69, 9.17) is 4.74 Å². The molecule has 0 fully saturated rings.